The van der Waals surface area contributed by atoms with E-state index in [0.717, 1.165) is 24.4 Å². The molecular formula is C14H18N2O2. The third kappa shape index (κ3) is 2.20. The fourth-order valence-corrected chi connectivity index (χ4v) is 2.80. The summed E-state index contributed by atoms with van der Waals surface area (Å²) in [5, 5.41) is 6.44. The minimum absolute atomic E-state index is 0.125. The average molecular weight is 246 g/mol. The Kier molecular flexibility index (Phi) is 2.96. The molecular weight excluding hydrogens is 228 g/mol. The summed E-state index contributed by atoms with van der Waals surface area (Å²) in [6.45, 7) is 2.11. The van der Waals surface area contributed by atoms with Crippen molar-refractivity contribution in [2.24, 2.45) is 11.8 Å². The van der Waals surface area contributed by atoms with Crippen LogP contribution >= 0.6 is 0 Å². The first-order valence-corrected chi connectivity index (χ1v) is 6.41. The number of rotatable bonds is 4. The third-order valence-corrected chi connectivity index (χ3v) is 3.94. The van der Waals surface area contributed by atoms with Crippen LogP contribution in [-0.4, -0.2) is 32.1 Å². The van der Waals surface area contributed by atoms with E-state index in [4.69, 9.17) is 4.74 Å². The monoisotopic (exact) mass is 246 g/mol. The van der Waals surface area contributed by atoms with Crippen LogP contribution in [0.4, 0.5) is 0 Å². The van der Waals surface area contributed by atoms with Crippen molar-refractivity contribution in [3.05, 3.63) is 29.8 Å². The number of benzene rings is 1. The quantitative estimate of drug-likeness (QED) is 0.816. The zero-order valence-corrected chi connectivity index (χ0v) is 10.5. The molecule has 2 N–H and O–H groups in total. The molecule has 1 aromatic carbocycles. The molecule has 0 spiro atoms. The van der Waals surface area contributed by atoms with Crippen molar-refractivity contribution in [1.82, 2.24) is 10.6 Å². The van der Waals surface area contributed by atoms with Crippen LogP contribution in [-0.2, 0) is 11.2 Å². The largest absolute Gasteiger partial charge is 0.497 e. The summed E-state index contributed by atoms with van der Waals surface area (Å²) in [7, 11) is 1.64. The van der Waals surface area contributed by atoms with Gasteiger partial charge >= 0.3 is 0 Å². The van der Waals surface area contributed by atoms with E-state index in [1.54, 1.807) is 7.11 Å². The molecule has 1 saturated heterocycles. The number of methoxy groups -OCH3 is 1. The van der Waals surface area contributed by atoms with Crippen molar-refractivity contribution in [3.63, 3.8) is 0 Å². The van der Waals surface area contributed by atoms with Crippen LogP contribution in [0.3, 0.4) is 0 Å². The van der Waals surface area contributed by atoms with Crippen molar-refractivity contribution in [2.75, 3.05) is 20.2 Å². The van der Waals surface area contributed by atoms with Gasteiger partial charge in [0.1, 0.15) is 5.75 Å². The van der Waals surface area contributed by atoms with E-state index < -0.39 is 0 Å². The number of hydrogen-bond acceptors (Lipinski definition) is 3. The van der Waals surface area contributed by atoms with E-state index in [1.165, 1.54) is 0 Å². The second kappa shape index (κ2) is 4.61. The summed E-state index contributed by atoms with van der Waals surface area (Å²) >= 11 is 0. The van der Waals surface area contributed by atoms with E-state index in [9.17, 15) is 4.79 Å². The summed E-state index contributed by atoms with van der Waals surface area (Å²) in [5.41, 5.74) is 1.03. The Morgan fingerprint density at radius 2 is 2.00 bits per heavy atom. The summed E-state index contributed by atoms with van der Waals surface area (Å²) in [6.07, 6.45) is 0.452. The molecule has 0 bridgehead atoms. The van der Waals surface area contributed by atoms with Gasteiger partial charge < -0.3 is 15.4 Å². The maximum atomic E-state index is 11.9. The van der Waals surface area contributed by atoms with E-state index in [-0.39, 0.29) is 5.91 Å². The molecule has 1 aliphatic heterocycles. The zero-order chi connectivity index (χ0) is 12.5. The van der Waals surface area contributed by atoms with Crippen molar-refractivity contribution >= 4 is 5.91 Å². The molecule has 0 aromatic heterocycles. The minimum atomic E-state index is 0.125. The molecule has 2 atom stereocenters. The molecule has 18 heavy (non-hydrogen) atoms. The molecule has 1 aromatic rings. The van der Waals surface area contributed by atoms with E-state index >= 15 is 0 Å². The molecule has 4 nitrogen and oxygen atoms in total. The van der Waals surface area contributed by atoms with Gasteiger partial charge in [-0.1, -0.05) is 12.1 Å². The first-order valence-electron chi connectivity index (χ1n) is 6.41. The van der Waals surface area contributed by atoms with Crippen molar-refractivity contribution in [1.29, 1.82) is 0 Å². The normalized spacial score (nSPS) is 28.6. The maximum Gasteiger partial charge on any atom is 0.224 e. The SMILES string of the molecule is COc1ccc(CC(=O)NC2C3CNCC32)cc1. The Morgan fingerprint density at radius 3 is 2.61 bits per heavy atom. The molecule has 1 heterocycles. The molecule has 96 valence electrons. The van der Waals surface area contributed by atoms with Gasteiger partial charge in [0.15, 0.2) is 0 Å². The van der Waals surface area contributed by atoms with Gasteiger partial charge in [-0.25, -0.2) is 0 Å². The molecule has 1 aliphatic carbocycles. The number of fused-ring (bicyclic) bond motifs is 1. The lowest BCUT2D eigenvalue weighted by Gasteiger charge is -2.08. The number of hydrogen-bond donors (Lipinski definition) is 2. The fraction of sp³-hybridized carbons (Fsp3) is 0.500. The van der Waals surface area contributed by atoms with Crippen LogP contribution < -0.4 is 15.4 Å². The van der Waals surface area contributed by atoms with Gasteiger partial charge in [-0.3, -0.25) is 4.79 Å². The van der Waals surface area contributed by atoms with E-state index in [2.05, 4.69) is 10.6 Å². The lowest BCUT2D eigenvalue weighted by molar-refractivity contribution is -0.120. The molecule has 3 rings (SSSR count). The van der Waals surface area contributed by atoms with Crippen molar-refractivity contribution in [2.45, 2.75) is 12.5 Å². The van der Waals surface area contributed by atoms with Crippen LogP contribution in [0.15, 0.2) is 24.3 Å². The number of piperidine rings is 1. The first-order chi connectivity index (χ1) is 8.78. The predicted molar refractivity (Wildman–Crippen MR) is 68.5 cm³/mol. The molecule has 2 fully saturated rings. The Labute approximate surface area is 107 Å². The fourth-order valence-electron chi connectivity index (χ4n) is 2.80. The second-order valence-electron chi connectivity index (χ2n) is 5.10. The Balaban J connectivity index is 1.51. The highest BCUT2D eigenvalue weighted by atomic mass is 16.5. The van der Waals surface area contributed by atoms with Gasteiger partial charge in [-0.05, 0) is 29.5 Å². The molecule has 4 heteroatoms. The smallest absolute Gasteiger partial charge is 0.224 e. The van der Waals surface area contributed by atoms with Crippen LogP contribution in [0.1, 0.15) is 5.56 Å². The topological polar surface area (TPSA) is 50.4 Å². The summed E-state index contributed by atoms with van der Waals surface area (Å²) in [4.78, 5) is 11.9. The first kappa shape index (κ1) is 11.5. The number of carbonyl (C=O) groups excluding carboxylic acids is 1. The number of ether oxygens (including phenoxy) is 1. The van der Waals surface area contributed by atoms with Crippen LogP contribution in [0.25, 0.3) is 0 Å². The summed E-state index contributed by atoms with van der Waals surface area (Å²) in [6, 6.07) is 8.06. The molecule has 0 radical (unpaired) electrons. The molecule has 1 amide bonds. The van der Waals surface area contributed by atoms with Gasteiger partial charge in [0.2, 0.25) is 5.91 Å². The lowest BCUT2D eigenvalue weighted by Crippen LogP contribution is -2.33. The molecule has 1 saturated carbocycles. The Morgan fingerprint density at radius 1 is 1.33 bits per heavy atom. The Bertz CT molecular complexity index is 434. The standard InChI is InChI=1S/C14H18N2O2/c1-18-10-4-2-9(3-5-10)6-13(17)16-14-11-7-15-8-12(11)14/h2-5,11-12,14-15H,6-8H2,1H3,(H,16,17). The van der Waals surface area contributed by atoms with Gasteiger partial charge in [0.25, 0.3) is 0 Å². The van der Waals surface area contributed by atoms with E-state index in [0.29, 0.717) is 24.3 Å². The summed E-state index contributed by atoms with van der Waals surface area (Å²) < 4.78 is 5.09. The summed E-state index contributed by atoms with van der Waals surface area (Å²) in [5.74, 6) is 2.29. The van der Waals surface area contributed by atoms with Crippen molar-refractivity contribution in [3.8, 4) is 5.75 Å². The second-order valence-corrected chi connectivity index (χ2v) is 5.10. The van der Waals surface area contributed by atoms with Crippen LogP contribution in [0.5, 0.6) is 5.75 Å². The highest BCUT2D eigenvalue weighted by Gasteiger charge is 2.53. The lowest BCUT2D eigenvalue weighted by atomic mass is 10.1. The third-order valence-electron chi connectivity index (χ3n) is 3.94. The average Bonchev–Trinajstić information content (AvgIpc) is 2.83. The maximum absolute atomic E-state index is 11.9. The van der Waals surface area contributed by atoms with Crippen molar-refractivity contribution < 1.29 is 9.53 Å². The highest BCUT2D eigenvalue weighted by Crippen LogP contribution is 2.41. The predicted octanol–water partition coefficient (Wildman–Crippen LogP) is 0.572. The van der Waals surface area contributed by atoms with Crippen LogP contribution in [0.2, 0.25) is 0 Å². The van der Waals surface area contributed by atoms with Gasteiger partial charge in [0.05, 0.1) is 13.5 Å². The number of carbonyl (C=O) groups is 1. The molecule has 2 aliphatic rings. The highest BCUT2D eigenvalue weighted by molar-refractivity contribution is 5.79. The molecule has 2 unspecified atom stereocenters. The van der Waals surface area contributed by atoms with E-state index in [1.807, 2.05) is 24.3 Å². The minimum Gasteiger partial charge on any atom is -0.497 e. The van der Waals surface area contributed by atoms with Gasteiger partial charge in [-0.15, -0.1) is 0 Å². The van der Waals surface area contributed by atoms with Gasteiger partial charge in [0, 0.05) is 19.1 Å². The number of nitrogens with one attached hydrogen (secondary N) is 2. The number of amides is 1. The zero-order valence-electron chi connectivity index (χ0n) is 10.5. The Hall–Kier alpha value is -1.55. The van der Waals surface area contributed by atoms with Crippen LogP contribution in [0, 0.1) is 11.8 Å². The van der Waals surface area contributed by atoms with Gasteiger partial charge in [-0.2, -0.15) is 0 Å².